The molecule has 2 nitrogen and oxygen atoms in total. The van der Waals surface area contributed by atoms with Crippen LogP contribution in [0.3, 0.4) is 0 Å². The summed E-state index contributed by atoms with van der Waals surface area (Å²) in [5, 5.41) is 3.39. The van der Waals surface area contributed by atoms with Crippen LogP contribution in [0.5, 0.6) is 0 Å². The molecule has 1 atom stereocenters. The molecule has 1 unspecified atom stereocenters. The number of halogens is 2. The predicted molar refractivity (Wildman–Crippen MR) is 68.0 cm³/mol. The van der Waals surface area contributed by atoms with Gasteiger partial charge in [0.25, 0.3) is 0 Å². The third-order valence-electron chi connectivity index (χ3n) is 2.73. The van der Waals surface area contributed by atoms with Crippen LogP contribution in [0.1, 0.15) is 18.4 Å². The number of nitrogens with one attached hydrogen (secondary N) is 1. The molecule has 0 amide bonds. The van der Waals surface area contributed by atoms with Gasteiger partial charge in [-0.15, -0.1) is 24.8 Å². The summed E-state index contributed by atoms with van der Waals surface area (Å²) >= 11 is 0. The lowest BCUT2D eigenvalue weighted by atomic mass is 10.00. The van der Waals surface area contributed by atoms with Crippen molar-refractivity contribution in [2.24, 2.45) is 5.92 Å². The minimum absolute atomic E-state index is 0. The molecule has 1 aromatic heterocycles. The van der Waals surface area contributed by atoms with Crippen molar-refractivity contribution in [2.75, 3.05) is 13.1 Å². The molecule has 0 saturated carbocycles. The highest BCUT2D eigenvalue weighted by atomic mass is 35.5. The van der Waals surface area contributed by atoms with Crippen LogP contribution in [0.4, 0.5) is 0 Å². The Morgan fingerprint density at radius 2 is 2.27 bits per heavy atom. The first-order valence-corrected chi connectivity index (χ1v) is 5.05. The Bertz CT molecular complexity index is 248. The second-order valence-electron chi connectivity index (χ2n) is 3.76. The zero-order valence-electron chi connectivity index (χ0n) is 8.69. The Morgan fingerprint density at radius 3 is 2.87 bits per heavy atom. The Labute approximate surface area is 104 Å². The maximum absolute atomic E-state index is 4.11. The van der Waals surface area contributed by atoms with E-state index in [1.165, 1.54) is 37.9 Å². The minimum Gasteiger partial charge on any atom is -0.316 e. The van der Waals surface area contributed by atoms with Gasteiger partial charge in [-0.25, -0.2) is 0 Å². The van der Waals surface area contributed by atoms with Gasteiger partial charge in [-0.1, -0.05) is 6.07 Å². The van der Waals surface area contributed by atoms with E-state index in [0.717, 1.165) is 5.92 Å². The van der Waals surface area contributed by atoms with Crippen LogP contribution in [-0.2, 0) is 6.42 Å². The number of hydrogen-bond donors (Lipinski definition) is 1. The monoisotopic (exact) mass is 248 g/mol. The zero-order valence-corrected chi connectivity index (χ0v) is 10.3. The molecule has 2 rings (SSSR count). The fourth-order valence-electron chi connectivity index (χ4n) is 1.88. The second-order valence-corrected chi connectivity index (χ2v) is 3.76. The smallest absolute Gasteiger partial charge is 0.0299 e. The Kier molecular flexibility index (Phi) is 7.75. The van der Waals surface area contributed by atoms with Crippen molar-refractivity contribution in [1.29, 1.82) is 0 Å². The molecule has 1 N–H and O–H groups in total. The van der Waals surface area contributed by atoms with Crippen molar-refractivity contribution in [3.63, 3.8) is 0 Å². The molecule has 1 saturated heterocycles. The number of aryl methyl sites for hydroxylation is 1. The van der Waals surface area contributed by atoms with E-state index in [1.807, 2.05) is 18.5 Å². The molecule has 1 fully saturated rings. The van der Waals surface area contributed by atoms with Crippen LogP contribution in [0.2, 0.25) is 0 Å². The van der Waals surface area contributed by atoms with Crippen molar-refractivity contribution in [2.45, 2.75) is 19.3 Å². The van der Waals surface area contributed by atoms with Crippen LogP contribution in [0, 0.1) is 5.92 Å². The fourth-order valence-corrected chi connectivity index (χ4v) is 1.88. The zero-order chi connectivity index (χ0) is 8.93. The van der Waals surface area contributed by atoms with Gasteiger partial charge in [0.1, 0.15) is 0 Å². The van der Waals surface area contributed by atoms with Gasteiger partial charge in [0.15, 0.2) is 0 Å². The summed E-state index contributed by atoms with van der Waals surface area (Å²) in [7, 11) is 0. The molecule has 0 radical (unpaired) electrons. The summed E-state index contributed by atoms with van der Waals surface area (Å²) in [6.45, 7) is 2.41. The van der Waals surface area contributed by atoms with Crippen molar-refractivity contribution >= 4 is 24.8 Å². The Hall–Kier alpha value is -0.310. The molecule has 1 aromatic rings. The lowest BCUT2D eigenvalue weighted by Crippen LogP contribution is -2.09. The Morgan fingerprint density at radius 1 is 1.40 bits per heavy atom. The number of pyridine rings is 1. The molecular weight excluding hydrogens is 231 g/mol. The number of nitrogens with zero attached hydrogens (tertiary/aromatic N) is 1. The number of aromatic nitrogens is 1. The van der Waals surface area contributed by atoms with Crippen molar-refractivity contribution < 1.29 is 0 Å². The van der Waals surface area contributed by atoms with E-state index in [-0.39, 0.29) is 24.8 Å². The normalized spacial score (nSPS) is 19.1. The summed E-state index contributed by atoms with van der Waals surface area (Å²) < 4.78 is 0. The fraction of sp³-hybridized carbons (Fsp3) is 0.545. The predicted octanol–water partition coefficient (Wildman–Crippen LogP) is 2.47. The highest BCUT2D eigenvalue weighted by Crippen LogP contribution is 2.15. The van der Waals surface area contributed by atoms with Gasteiger partial charge in [0.05, 0.1) is 0 Å². The minimum atomic E-state index is 0. The third-order valence-corrected chi connectivity index (χ3v) is 2.73. The van der Waals surface area contributed by atoms with E-state index in [9.17, 15) is 0 Å². The molecule has 0 aliphatic carbocycles. The summed E-state index contributed by atoms with van der Waals surface area (Å²) in [6, 6.07) is 4.18. The van der Waals surface area contributed by atoms with Crippen LogP contribution in [0.15, 0.2) is 24.5 Å². The molecule has 2 heterocycles. The van der Waals surface area contributed by atoms with Crippen molar-refractivity contribution in [3.05, 3.63) is 30.1 Å². The highest BCUT2D eigenvalue weighted by Gasteiger charge is 2.13. The van der Waals surface area contributed by atoms with Crippen molar-refractivity contribution in [3.8, 4) is 0 Å². The van der Waals surface area contributed by atoms with Gasteiger partial charge >= 0.3 is 0 Å². The van der Waals surface area contributed by atoms with Crippen LogP contribution in [-0.4, -0.2) is 18.1 Å². The van der Waals surface area contributed by atoms with E-state index in [2.05, 4.69) is 16.4 Å². The van der Waals surface area contributed by atoms with E-state index in [1.54, 1.807) is 0 Å². The van der Waals surface area contributed by atoms with Gasteiger partial charge in [-0.05, 0) is 49.9 Å². The lowest BCUT2D eigenvalue weighted by molar-refractivity contribution is 0.532. The van der Waals surface area contributed by atoms with E-state index < -0.39 is 0 Å². The van der Waals surface area contributed by atoms with Gasteiger partial charge in [0, 0.05) is 12.4 Å². The number of rotatable bonds is 3. The summed E-state index contributed by atoms with van der Waals surface area (Å²) in [4.78, 5) is 4.11. The standard InChI is InChI=1S/C11H16N2.2ClH/c1-2-10(8-12-6-1)3-4-11-5-7-13-9-11;;/h1-2,6,8,11,13H,3-5,7,9H2;2*1H. The molecule has 4 heteroatoms. The first-order valence-electron chi connectivity index (χ1n) is 5.05. The highest BCUT2D eigenvalue weighted by molar-refractivity contribution is 5.85. The molecule has 1 aliphatic rings. The molecule has 1 aliphatic heterocycles. The molecule has 15 heavy (non-hydrogen) atoms. The SMILES string of the molecule is Cl.Cl.c1cncc(CCC2CCNC2)c1. The van der Waals surface area contributed by atoms with Crippen LogP contribution >= 0.6 is 24.8 Å². The van der Waals surface area contributed by atoms with Crippen LogP contribution in [0.25, 0.3) is 0 Å². The number of hydrogen-bond acceptors (Lipinski definition) is 2. The average molecular weight is 249 g/mol. The first kappa shape index (κ1) is 14.7. The largest absolute Gasteiger partial charge is 0.316 e. The quantitative estimate of drug-likeness (QED) is 0.890. The molecule has 0 spiro atoms. The molecule has 86 valence electrons. The summed E-state index contributed by atoms with van der Waals surface area (Å²) in [5.41, 5.74) is 1.37. The van der Waals surface area contributed by atoms with Gasteiger partial charge in [-0.2, -0.15) is 0 Å². The van der Waals surface area contributed by atoms with Crippen molar-refractivity contribution in [1.82, 2.24) is 10.3 Å². The molecular formula is C11H18Cl2N2. The summed E-state index contributed by atoms with van der Waals surface area (Å²) in [6.07, 6.45) is 7.64. The first-order chi connectivity index (χ1) is 6.45. The van der Waals surface area contributed by atoms with Gasteiger partial charge in [0.2, 0.25) is 0 Å². The topological polar surface area (TPSA) is 24.9 Å². The Balaban J connectivity index is 0.000000980. The van der Waals surface area contributed by atoms with Crippen LogP contribution < -0.4 is 5.32 Å². The van der Waals surface area contributed by atoms with E-state index in [4.69, 9.17) is 0 Å². The van der Waals surface area contributed by atoms with E-state index in [0.29, 0.717) is 0 Å². The maximum Gasteiger partial charge on any atom is 0.0299 e. The third kappa shape index (κ3) is 4.83. The summed E-state index contributed by atoms with van der Waals surface area (Å²) in [5.74, 6) is 0.889. The van der Waals surface area contributed by atoms with E-state index >= 15 is 0 Å². The molecule has 0 bridgehead atoms. The lowest BCUT2D eigenvalue weighted by Gasteiger charge is -2.06. The average Bonchev–Trinajstić information content (AvgIpc) is 2.69. The molecule has 0 aromatic carbocycles. The maximum atomic E-state index is 4.11. The van der Waals surface area contributed by atoms with Gasteiger partial charge in [-0.3, -0.25) is 4.98 Å². The second kappa shape index (κ2) is 7.91. The van der Waals surface area contributed by atoms with Gasteiger partial charge < -0.3 is 5.32 Å².